The number of hydrogen-bond donors (Lipinski definition) is 0. The van der Waals surface area contributed by atoms with Crippen LogP contribution in [0.3, 0.4) is 0 Å². The summed E-state index contributed by atoms with van der Waals surface area (Å²) in [6.45, 7) is 17.8. The minimum absolute atomic E-state index is 0.207. The fourth-order valence-corrected chi connectivity index (χ4v) is 7.19. The van der Waals surface area contributed by atoms with Crippen LogP contribution in [0.4, 0.5) is 0 Å². The molecule has 0 spiro atoms. The molecule has 6 aromatic carbocycles. The molecule has 1 fully saturated rings. The van der Waals surface area contributed by atoms with E-state index in [9.17, 15) is 0 Å². The van der Waals surface area contributed by atoms with Gasteiger partial charge in [0.1, 0.15) is 0 Å². The van der Waals surface area contributed by atoms with Crippen molar-refractivity contribution in [3.8, 4) is 22.3 Å². The van der Waals surface area contributed by atoms with E-state index >= 15 is 0 Å². The maximum atomic E-state index is 4.93. The maximum absolute atomic E-state index is 4.93. The summed E-state index contributed by atoms with van der Waals surface area (Å²) in [6, 6.07) is 41.0. The molecule has 0 aromatic heterocycles. The molecule has 1 aliphatic carbocycles. The van der Waals surface area contributed by atoms with Crippen molar-refractivity contribution in [2.75, 3.05) is 0 Å². The van der Waals surface area contributed by atoms with Gasteiger partial charge in [-0.25, -0.2) is 0 Å². The van der Waals surface area contributed by atoms with Crippen LogP contribution in [0.5, 0.6) is 0 Å². The van der Waals surface area contributed by atoms with Gasteiger partial charge in [-0.1, -0.05) is 146 Å². The molecule has 0 N–H and O–H groups in total. The van der Waals surface area contributed by atoms with Crippen molar-refractivity contribution in [1.82, 2.24) is 0 Å². The van der Waals surface area contributed by atoms with Crippen molar-refractivity contribution < 1.29 is 20.8 Å². The third-order valence-corrected chi connectivity index (χ3v) is 10.2. The van der Waals surface area contributed by atoms with Gasteiger partial charge in [-0.3, -0.25) is 0 Å². The van der Waals surface area contributed by atoms with E-state index in [-0.39, 0.29) is 5.41 Å². The standard InChI is InChI=1S/C25H29.C20H21.C2H6Si.2ClH.Zr/c1-25(2,3)22-14-12-19(13-15-22)23-11-7-10-20-16-21(17-24(20)23)18-8-5-4-6-9-18;1-4-15(3)16-8-10-17(11-9-16)19-7-5-6-18-12-14(2)13-20(18)19;1-3-2;;;/h7,10-18H,4-6,8-9H2,1-3H3;5-13,15H,4H2,1-3H3;1-2H3;2*1H;/q2*-1;;;;+4/p-2. The predicted molar refractivity (Wildman–Crippen MR) is 227 cm³/mol. The Morgan fingerprint density at radius 2 is 1.24 bits per heavy atom. The summed E-state index contributed by atoms with van der Waals surface area (Å²) in [7, 11) is 11.0. The van der Waals surface area contributed by atoms with Gasteiger partial charge in [0.2, 0.25) is 0 Å². The first-order valence-electron chi connectivity index (χ1n) is 18.7. The van der Waals surface area contributed by atoms with Crippen molar-refractivity contribution in [2.24, 2.45) is 0 Å². The van der Waals surface area contributed by atoms with E-state index in [1.807, 2.05) is 0 Å². The van der Waals surface area contributed by atoms with E-state index in [4.69, 9.17) is 17.0 Å². The van der Waals surface area contributed by atoms with Gasteiger partial charge in [-0.05, 0) is 58.8 Å². The quantitative estimate of drug-likeness (QED) is 0.120. The van der Waals surface area contributed by atoms with E-state index in [1.54, 1.807) is 5.56 Å². The second-order valence-electron chi connectivity index (χ2n) is 15.1. The summed E-state index contributed by atoms with van der Waals surface area (Å²) < 4.78 is 0. The SMILES string of the molecule is CC(C)(C)c1ccc(-c2cccc3[cH-]c(C4CCCCC4)cc23)cc1.CCC(C)c1ccc(-c2cccc3[cH-]c(C)cc23)cc1.C[Si]C.[Cl][Zr+2][Cl]. The van der Waals surface area contributed by atoms with Gasteiger partial charge in [-0.15, -0.1) is 69.1 Å². The second kappa shape index (κ2) is 20.3. The summed E-state index contributed by atoms with van der Waals surface area (Å²) in [4.78, 5) is 0. The van der Waals surface area contributed by atoms with Crippen molar-refractivity contribution in [3.05, 3.63) is 131 Å². The Labute approximate surface area is 330 Å². The van der Waals surface area contributed by atoms with Crippen LogP contribution in [0, 0.1) is 6.92 Å². The van der Waals surface area contributed by atoms with E-state index in [0.29, 0.717) is 5.92 Å². The molecule has 0 amide bonds. The van der Waals surface area contributed by atoms with Crippen LogP contribution in [0.25, 0.3) is 43.8 Å². The first kappa shape index (κ1) is 41.5. The number of aryl methyl sites for hydroxylation is 1. The molecule has 1 atom stereocenters. The van der Waals surface area contributed by atoms with Crippen molar-refractivity contribution in [3.63, 3.8) is 0 Å². The zero-order valence-corrected chi connectivity index (χ0v) is 37.0. The average Bonchev–Trinajstić information content (AvgIpc) is 3.75. The number of benzene rings is 4. The Morgan fingerprint density at radius 3 is 1.75 bits per heavy atom. The fourth-order valence-electron chi connectivity index (χ4n) is 7.19. The number of rotatable bonds is 5. The van der Waals surface area contributed by atoms with Gasteiger partial charge < -0.3 is 0 Å². The average molecular weight is 811 g/mol. The van der Waals surface area contributed by atoms with Crippen LogP contribution < -0.4 is 0 Å². The van der Waals surface area contributed by atoms with Gasteiger partial charge in [0.25, 0.3) is 0 Å². The number of halogens is 2. The Hall–Kier alpha value is -2.22. The second-order valence-corrected chi connectivity index (χ2v) is 19.8. The van der Waals surface area contributed by atoms with Crippen LogP contribution in [0.15, 0.2) is 109 Å². The Bertz CT molecular complexity index is 1900. The van der Waals surface area contributed by atoms with Crippen LogP contribution >= 0.6 is 17.0 Å². The molecule has 1 aliphatic rings. The molecular formula is C47H56Cl2SiZr. The molecule has 0 heterocycles. The Kier molecular flexibility index (Phi) is 16.5. The molecule has 2 radical (unpaired) electrons. The normalized spacial score (nSPS) is 13.6. The van der Waals surface area contributed by atoms with Gasteiger partial charge in [0.15, 0.2) is 0 Å². The number of hydrogen-bond acceptors (Lipinski definition) is 0. The summed E-state index contributed by atoms with van der Waals surface area (Å²) in [5, 5.41) is 5.52. The molecule has 0 nitrogen and oxygen atoms in total. The van der Waals surface area contributed by atoms with Crippen LogP contribution in [-0.2, 0) is 26.3 Å². The monoisotopic (exact) mass is 808 g/mol. The molecule has 7 rings (SSSR count). The molecule has 4 heteroatoms. The van der Waals surface area contributed by atoms with E-state index in [0.717, 1.165) is 15.4 Å². The van der Waals surface area contributed by atoms with Crippen molar-refractivity contribution >= 4 is 48.1 Å². The van der Waals surface area contributed by atoms with Gasteiger partial charge in [0.05, 0.1) is 0 Å². The van der Waals surface area contributed by atoms with Crippen LogP contribution in [-0.4, -0.2) is 9.52 Å². The molecule has 1 saturated carbocycles. The third kappa shape index (κ3) is 11.4. The molecule has 0 bridgehead atoms. The van der Waals surface area contributed by atoms with Gasteiger partial charge >= 0.3 is 37.9 Å². The first-order valence-corrected chi connectivity index (χ1v) is 27.0. The summed E-state index contributed by atoms with van der Waals surface area (Å²) in [6.07, 6.45) is 8.14. The minimum atomic E-state index is -0.826. The molecule has 51 heavy (non-hydrogen) atoms. The van der Waals surface area contributed by atoms with E-state index in [2.05, 4.69) is 164 Å². The van der Waals surface area contributed by atoms with Crippen LogP contribution in [0.1, 0.15) is 107 Å². The van der Waals surface area contributed by atoms with Crippen molar-refractivity contribution in [1.29, 1.82) is 0 Å². The predicted octanol–water partition coefficient (Wildman–Crippen LogP) is 15.8. The zero-order chi connectivity index (χ0) is 37.0. The molecule has 0 saturated heterocycles. The molecular weight excluding hydrogens is 755 g/mol. The van der Waals surface area contributed by atoms with E-state index < -0.39 is 20.8 Å². The first-order chi connectivity index (χ1) is 24.5. The molecule has 6 aromatic rings. The third-order valence-electron chi connectivity index (χ3n) is 10.2. The van der Waals surface area contributed by atoms with E-state index in [1.165, 1.54) is 99.0 Å². The summed E-state index contributed by atoms with van der Waals surface area (Å²) >= 11 is -0.826. The van der Waals surface area contributed by atoms with Gasteiger partial charge in [-0.2, -0.15) is 12.1 Å². The molecule has 266 valence electrons. The zero-order valence-electron chi connectivity index (χ0n) is 32.0. The summed E-state index contributed by atoms with van der Waals surface area (Å²) in [5.41, 5.74) is 11.3. The topological polar surface area (TPSA) is 0 Å². The van der Waals surface area contributed by atoms with Crippen LogP contribution in [0.2, 0.25) is 13.1 Å². The Morgan fingerprint density at radius 1 is 0.745 bits per heavy atom. The summed E-state index contributed by atoms with van der Waals surface area (Å²) in [5.74, 6) is 1.42. The van der Waals surface area contributed by atoms with Crippen molar-refractivity contribution in [2.45, 2.75) is 110 Å². The van der Waals surface area contributed by atoms with Gasteiger partial charge in [0, 0.05) is 9.52 Å². The molecule has 1 unspecified atom stereocenters. The fraction of sp³-hybridized carbons (Fsp3) is 0.362. The molecule has 0 aliphatic heterocycles. The number of fused-ring (bicyclic) bond motifs is 2. The Balaban J connectivity index is 0.000000202.